The van der Waals surface area contributed by atoms with Crippen molar-refractivity contribution in [2.24, 2.45) is 0 Å². The third kappa shape index (κ3) is 3.40. The second-order valence-electron chi connectivity index (χ2n) is 5.20. The topological polar surface area (TPSA) is 62.0 Å². The molecule has 0 spiro atoms. The second-order valence-corrected chi connectivity index (χ2v) is 6.18. The van der Waals surface area contributed by atoms with Gasteiger partial charge in [0.1, 0.15) is 4.88 Å². The van der Waals surface area contributed by atoms with E-state index < -0.39 is 0 Å². The number of carbonyl (C=O) groups excluding carboxylic acids is 1. The summed E-state index contributed by atoms with van der Waals surface area (Å²) in [6.45, 7) is 1.73. The molecular formula is C18H16N2O2S. The van der Waals surface area contributed by atoms with Gasteiger partial charge in [0.25, 0.3) is 5.91 Å². The first-order valence-corrected chi connectivity index (χ1v) is 8.07. The van der Waals surface area contributed by atoms with Crippen molar-refractivity contribution < 1.29 is 4.79 Å². The van der Waals surface area contributed by atoms with Crippen molar-refractivity contribution in [3.8, 4) is 0 Å². The number of aromatic amines is 1. The second kappa shape index (κ2) is 6.62. The lowest BCUT2D eigenvalue weighted by Gasteiger charge is -2.19. The lowest BCUT2D eigenvalue weighted by atomic mass is 9.98. The Morgan fingerprint density at radius 2 is 1.52 bits per heavy atom. The molecular weight excluding hydrogens is 308 g/mol. The summed E-state index contributed by atoms with van der Waals surface area (Å²) in [5.41, 5.74) is 2.58. The molecule has 0 aliphatic rings. The van der Waals surface area contributed by atoms with Gasteiger partial charge in [-0.3, -0.25) is 9.59 Å². The van der Waals surface area contributed by atoms with E-state index in [0.29, 0.717) is 10.6 Å². The number of aryl methyl sites for hydroxylation is 1. The minimum atomic E-state index is -0.262. The molecule has 5 heteroatoms. The largest absolute Gasteiger partial charge is 0.340 e. The normalized spacial score (nSPS) is 10.7. The zero-order valence-corrected chi connectivity index (χ0v) is 13.4. The number of benzene rings is 2. The standard InChI is InChI=1S/C18H16N2O2S/c1-12-16(23-18(22)19-12)17(21)20-15(13-8-4-2-5-9-13)14-10-6-3-7-11-14/h2-11,15H,1H3,(H,19,22)(H,20,21). The predicted molar refractivity (Wildman–Crippen MR) is 91.9 cm³/mol. The van der Waals surface area contributed by atoms with Crippen LogP contribution in [0.3, 0.4) is 0 Å². The smallest absolute Gasteiger partial charge is 0.305 e. The first kappa shape index (κ1) is 15.2. The molecule has 0 aliphatic heterocycles. The van der Waals surface area contributed by atoms with Crippen molar-refractivity contribution in [2.45, 2.75) is 13.0 Å². The van der Waals surface area contributed by atoms with E-state index in [1.54, 1.807) is 6.92 Å². The molecule has 0 unspecified atom stereocenters. The van der Waals surface area contributed by atoms with Crippen molar-refractivity contribution >= 4 is 17.2 Å². The highest BCUT2D eigenvalue weighted by Crippen LogP contribution is 2.23. The van der Waals surface area contributed by atoms with Crippen LogP contribution in [0.4, 0.5) is 0 Å². The molecule has 116 valence electrons. The molecule has 0 atom stereocenters. The molecule has 2 N–H and O–H groups in total. The summed E-state index contributed by atoms with van der Waals surface area (Å²) in [5, 5.41) is 3.03. The van der Waals surface area contributed by atoms with E-state index in [1.807, 2.05) is 60.7 Å². The van der Waals surface area contributed by atoms with Crippen molar-refractivity contribution in [2.75, 3.05) is 0 Å². The minimum absolute atomic E-state index is 0.219. The van der Waals surface area contributed by atoms with Gasteiger partial charge < -0.3 is 10.3 Å². The Bertz CT molecular complexity index is 814. The highest BCUT2D eigenvalue weighted by Gasteiger charge is 2.20. The molecule has 3 rings (SSSR count). The minimum Gasteiger partial charge on any atom is -0.340 e. The third-order valence-electron chi connectivity index (χ3n) is 3.57. The Kier molecular flexibility index (Phi) is 4.39. The third-order valence-corrected chi connectivity index (χ3v) is 4.56. The summed E-state index contributed by atoms with van der Waals surface area (Å²) in [5.74, 6) is -0.247. The quantitative estimate of drug-likeness (QED) is 0.774. The first-order chi connectivity index (χ1) is 11.1. The fourth-order valence-corrected chi connectivity index (χ4v) is 3.21. The van der Waals surface area contributed by atoms with Crippen LogP contribution in [-0.4, -0.2) is 10.9 Å². The molecule has 1 amide bonds. The number of hydrogen-bond acceptors (Lipinski definition) is 3. The molecule has 2 aromatic carbocycles. The van der Waals surface area contributed by atoms with Crippen LogP contribution in [0.2, 0.25) is 0 Å². The molecule has 1 aromatic heterocycles. The molecule has 3 aromatic rings. The van der Waals surface area contributed by atoms with Crippen molar-refractivity contribution in [3.05, 3.63) is 92.0 Å². The maximum atomic E-state index is 12.6. The molecule has 0 radical (unpaired) electrons. The number of hydrogen-bond donors (Lipinski definition) is 2. The zero-order chi connectivity index (χ0) is 16.2. The Hall–Kier alpha value is -2.66. The van der Waals surface area contributed by atoms with Crippen LogP contribution >= 0.6 is 11.3 Å². The summed E-state index contributed by atoms with van der Waals surface area (Å²) >= 11 is 0.932. The molecule has 4 nitrogen and oxygen atoms in total. The van der Waals surface area contributed by atoms with Gasteiger partial charge in [-0.2, -0.15) is 0 Å². The highest BCUT2D eigenvalue weighted by atomic mass is 32.1. The summed E-state index contributed by atoms with van der Waals surface area (Å²) in [4.78, 5) is 26.8. The van der Waals surface area contributed by atoms with E-state index in [0.717, 1.165) is 22.5 Å². The van der Waals surface area contributed by atoms with E-state index >= 15 is 0 Å². The number of aromatic nitrogens is 1. The van der Waals surface area contributed by atoms with Crippen LogP contribution in [0.25, 0.3) is 0 Å². The molecule has 0 aliphatic carbocycles. The Balaban J connectivity index is 1.95. The number of carbonyl (C=O) groups is 1. The van der Waals surface area contributed by atoms with Crippen LogP contribution in [0.1, 0.15) is 32.5 Å². The van der Waals surface area contributed by atoms with E-state index in [1.165, 1.54) is 0 Å². The van der Waals surface area contributed by atoms with Crippen LogP contribution < -0.4 is 10.2 Å². The Labute approximate surface area is 137 Å². The van der Waals surface area contributed by atoms with Gasteiger partial charge in [0.05, 0.1) is 6.04 Å². The van der Waals surface area contributed by atoms with E-state index in [2.05, 4.69) is 10.3 Å². The number of amides is 1. The number of nitrogens with one attached hydrogen (secondary N) is 2. The Morgan fingerprint density at radius 1 is 1.00 bits per heavy atom. The van der Waals surface area contributed by atoms with Crippen LogP contribution in [-0.2, 0) is 0 Å². The fraction of sp³-hybridized carbons (Fsp3) is 0.111. The van der Waals surface area contributed by atoms with E-state index in [-0.39, 0.29) is 16.8 Å². The monoisotopic (exact) mass is 324 g/mol. The van der Waals surface area contributed by atoms with Crippen LogP contribution in [0.5, 0.6) is 0 Å². The molecule has 0 saturated heterocycles. The average molecular weight is 324 g/mol. The number of rotatable bonds is 4. The summed E-state index contributed by atoms with van der Waals surface area (Å²) in [6.07, 6.45) is 0. The van der Waals surface area contributed by atoms with Crippen LogP contribution in [0.15, 0.2) is 65.5 Å². The van der Waals surface area contributed by atoms with E-state index in [9.17, 15) is 9.59 Å². The summed E-state index contributed by atoms with van der Waals surface area (Å²) in [6, 6.07) is 19.3. The van der Waals surface area contributed by atoms with Crippen LogP contribution in [0, 0.1) is 6.92 Å². The molecule has 1 heterocycles. The van der Waals surface area contributed by atoms with Gasteiger partial charge in [0, 0.05) is 5.69 Å². The number of thiazole rings is 1. The predicted octanol–water partition coefficient (Wildman–Crippen LogP) is 3.26. The van der Waals surface area contributed by atoms with Crippen molar-refractivity contribution in [1.82, 2.24) is 10.3 Å². The van der Waals surface area contributed by atoms with Gasteiger partial charge in [0.2, 0.25) is 0 Å². The Morgan fingerprint density at radius 3 is 1.96 bits per heavy atom. The lowest BCUT2D eigenvalue weighted by molar-refractivity contribution is 0.0946. The van der Waals surface area contributed by atoms with Crippen molar-refractivity contribution in [3.63, 3.8) is 0 Å². The molecule has 23 heavy (non-hydrogen) atoms. The summed E-state index contributed by atoms with van der Waals surface area (Å²) in [7, 11) is 0. The molecule has 0 bridgehead atoms. The maximum absolute atomic E-state index is 12.6. The first-order valence-electron chi connectivity index (χ1n) is 7.25. The highest BCUT2D eigenvalue weighted by molar-refractivity contribution is 7.11. The van der Waals surface area contributed by atoms with E-state index in [4.69, 9.17) is 0 Å². The zero-order valence-electron chi connectivity index (χ0n) is 12.6. The maximum Gasteiger partial charge on any atom is 0.305 e. The molecule has 0 fully saturated rings. The van der Waals surface area contributed by atoms with Gasteiger partial charge in [-0.15, -0.1) is 0 Å². The molecule has 0 saturated carbocycles. The fourth-order valence-electron chi connectivity index (χ4n) is 2.47. The average Bonchev–Trinajstić information content (AvgIpc) is 2.92. The van der Waals surface area contributed by atoms with Gasteiger partial charge in [-0.1, -0.05) is 72.0 Å². The number of H-pyrrole nitrogens is 1. The summed E-state index contributed by atoms with van der Waals surface area (Å²) < 4.78 is 0. The van der Waals surface area contributed by atoms with Gasteiger partial charge in [-0.25, -0.2) is 0 Å². The SMILES string of the molecule is Cc1[nH]c(=O)sc1C(=O)NC(c1ccccc1)c1ccccc1. The lowest BCUT2D eigenvalue weighted by Crippen LogP contribution is -2.29. The van der Waals surface area contributed by atoms with Crippen molar-refractivity contribution in [1.29, 1.82) is 0 Å². The van der Waals surface area contributed by atoms with Gasteiger partial charge in [-0.05, 0) is 18.1 Å². The van der Waals surface area contributed by atoms with Gasteiger partial charge >= 0.3 is 4.87 Å². The van der Waals surface area contributed by atoms with Gasteiger partial charge in [0.15, 0.2) is 0 Å².